The van der Waals surface area contributed by atoms with Crippen LogP contribution in [0.4, 0.5) is 10.1 Å². The lowest BCUT2D eigenvalue weighted by Crippen LogP contribution is -2.03. The Morgan fingerprint density at radius 2 is 2.04 bits per heavy atom. The third kappa shape index (κ3) is 3.81. The first-order chi connectivity index (χ1) is 12.5. The maximum absolute atomic E-state index is 13.3. The summed E-state index contributed by atoms with van der Waals surface area (Å²) >= 11 is 5.79. The van der Waals surface area contributed by atoms with E-state index in [9.17, 15) is 9.18 Å². The maximum Gasteiger partial charge on any atom is 0.335 e. The van der Waals surface area contributed by atoms with Crippen molar-refractivity contribution in [1.29, 1.82) is 0 Å². The van der Waals surface area contributed by atoms with Crippen molar-refractivity contribution < 1.29 is 23.4 Å². The molecule has 0 aliphatic heterocycles. The van der Waals surface area contributed by atoms with Gasteiger partial charge >= 0.3 is 5.97 Å². The van der Waals surface area contributed by atoms with Gasteiger partial charge < -0.3 is 19.6 Å². The summed E-state index contributed by atoms with van der Waals surface area (Å²) in [5.74, 6) is 0.170. The lowest BCUT2D eigenvalue weighted by molar-refractivity contribution is 0.0697. The van der Waals surface area contributed by atoms with Gasteiger partial charge in [-0.1, -0.05) is 11.6 Å². The van der Waals surface area contributed by atoms with Crippen LogP contribution in [0.3, 0.4) is 0 Å². The molecule has 0 fully saturated rings. The van der Waals surface area contributed by atoms with Crippen molar-refractivity contribution in [3.8, 4) is 17.1 Å². The van der Waals surface area contributed by atoms with Crippen LogP contribution in [-0.2, 0) is 6.54 Å². The predicted molar refractivity (Wildman–Crippen MR) is 96.4 cm³/mol. The second-order valence-corrected chi connectivity index (χ2v) is 5.88. The number of furan rings is 1. The lowest BCUT2D eigenvalue weighted by Gasteiger charge is -2.11. The summed E-state index contributed by atoms with van der Waals surface area (Å²) in [4.78, 5) is 11.1. The molecule has 1 aromatic heterocycles. The molecule has 0 amide bonds. The third-order valence-electron chi connectivity index (χ3n) is 3.77. The molecule has 1 heterocycles. The molecule has 0 atom stereocenters. The highest BCUT2D eigenvalue weighted by Gasteiger charge is 2.11. The average molecular weight is 376 g/mol. The van der Waals surface area contributed by atoms with Crippen LogP contribution in [0.25, 0.3) is 11.3 Å². The molecular weight excluding hydrogens is 361 g/mol. The minimum atomic E-state index is -1.02. The van der Waals surface area contributed by atoms with E-state index in [1.165, 1.54) is 31.4 Å². The van der Waals surface area contributed by atoms with Crippen molar-refractivity contribution in [2.24, 2.45) is 0 Å². The first-order valence-corrected chi connectivity index (χ1v) is 8.05. The molecule has 0 aliphatic rings. The van der Waals surface area contributed by atoms with Gasteiger partial charge in [0.15, 0.2) is 0 Å². The number of halogens is 2. The minimum Gasteiger partial charge on any atom is -0.495 e. The van der Waals surface area contributed by atoms with Crippen molar-refractivity contribution in [1.82, 2.24) is 0 Å². The summed E-state index contributed by atoms with van der Waals surface area (Å²) in [7, 11) is 1.50. The molecule has 134 valence electrons. The molecule has 0 aliphatic carbocycles. The van der Waals surface area contributed by atoms with Crippen LogP contribution in [-0.4, -0.2) is 18.2 Å². The standard InChI is InChI=1S/C19H15ClFNO4/c1-25-18-6-3-12(19(23)24)9-16(18)22-10-13-4-7-17(26-13)11-2-5-15(21)14(20)8-11/h2-9,22H,10H2,1H3,(H,23,24). The maximum atomic E-state index is 13.3. The smallest absolute Gasteiger partial charge is 0.335 e. The molecule has 2 aromatic carbocycles. The average Bonchev–Trinajstić information content (AvgIpc) is 3.11. The zero-order chi connectivity index (χ0) is 18.7. The highest BCUT2D eigenvalue weighted by molar-refractivity contribution is 6.31. The van der Waals surface area contributed by atoms with E-state index in [0.29, 0.717) is 35.1 Å². The fourth-order valence-electron chi connectivity index (χ4n) is 2.44. The van der Waals surface area contributed by atoms with Gasteiger partial charge in [-0.25, -0.2) is 9.18 Å². The Kier molecular flexibility index (Phi) is 5.14. The molecule has 2 N–H and O–H groups in total. The van der Waals surface area contributed by atoms with Gasteiger partial charge in [0.1, 0.15) is 23.1 Å². The fourth-order valence-corrected chi connectivity index (χ4v) is 2.62. The van der Waals surface area contributed by atoms with E-state index >= 15 is 0 Å². The van der Waals surface area contributed by atoms with Gasteiger partial charge in [-0.05, 0) is 48.5 Å². The molecule has 0 radical (unpaired) electrons. The second-order valence-electron chi connectivity index (χ2n) is 5.47. The van der Waals surface area contributed by atoms with Gasteiger partial charge in [0.2, 0.25) is 0 Å². The molecule has 0 bridgehead atoms. The van der Waals surface area contributed by atoms with Crippen LogP contribution in [0, 0.1) is 5.82 Å². The second kappa shape index (κ2) is 7.49. The summed E-state index contributed by atoms with van der Waals surface area (Å²) in [6.07, 6.45) is 0. The first kappa shape index (κ1) is 17.8. The SMILES string of the molecule is COc1ccc(C(=O)O)cc1NCc1ccc(-c2ccc(F)c(Cl)c2)o1. The number of anilines is 1. The molecule has 5 nitrogen and oxygen atoms in total. The Bertz CT molecular complexity index is 954. The van der Waals surface area contributed by atoms with Gasteiger partial charge in [-0.3, -0.25) is 0 Å². The van der Waals surface area contributed by atoms with E-state index in [1.807, 2.05) is 0 Å². The quantitative estimate of drug-likeness (QED) is 0.630. The van der Waals surface area contributed by atoms with Crippen LogP contribution >= 0.6 is 11.6 Å². The monoisotopic (exact) mass is 375 g/mol. The summed E-state index contributed by atoms with van der Waals surface area (Å²) in [6, 6.07) is 12.4. The predicted octanol–water partition coefficient (Wildman–Crippen LogP) is 5.06. The van der Waals surface area contributed by atoms with Crippen LogP contribution in [0.1, 0.15) is 16.1 Å². The number of hydrogen-bond donors (Lipinski definition) is 2. The topological polar surface area (TPSA) is 71.7 Å². The highest BCUT2D eigenvalue weighted by atomic mass is 35.5. The van der Waals surface area contributed by atoms with Gasteiger partial charge in [0.05, 0.1) is 29.9 Å². The van der Waals surface area contributed by atoms with Crippen LogP contribution in [0.5, 0.6) is 5.75 Å². The molecule has 7 heteroatoms. The fraction of sp³-hybridized carbons (Fsp3) is 0.105. The van der Waals surface area contributed by atoms with E-state index in [2.05, 4.69) is 5.32 Å². The van der Waals surface area contributed by atoms with Gasteiger partial charge in [-0.15, -0.1) is 0 Å². The van der Waals surface area contributed by atoms with Gasteiger partial charge in [-0.2, -0.15) is 0 Å². The van der Waals surface area contributed by atoms with Gasteiger partial charge in [0.25, 0.3) is 0 Å². The molecule has 0 saturated carbocycles. The Hall–Kier alpha value is -2.99. The van der Waals surface area contributed by atoms with Crippen molar-refractivity contribution in [2.45, 2.75) is 6.54 Å². The van der Waals surface area contributed by atoms with Gasteiger partial charge in [0, 0.05) is 5.56 Å². The zero-order valence-electron chi connectivity index (χ0n) is 13.8. The Morgan fingerprint density at radius 1 is 1.23 bits per heavy atom. The summed E-state index contributed by atoms with van der Waals surface area (Å²) in [6.45, 7) is 0.314. The minimum absolute atomic E-state index is 0.0220. The van der Waals surface area contributed by atoms with E-state index in [4.69, 9.17) is 25.9 Å². The largest absolute Gasteiger partial charge is 0.495 e. The van der Waals surface area contributed by atoms with E-state index < -0.39 is 11.8 Å². The number of benzene rings is 2. The summed E-state index contributed by atoms with van der Waals surface area (Å²) in [5, 5.41) is 12.2. The summed E-state index contributed by atoms with van der Waals surface area (Å²) < 4.78 is 24.2. The van der Waals surface area contributed by atoms with E-state index in [0.717, 1.165) is 0 Å². The van der Waals surface area contributed by atoms with Crippen LogP contribution in [0.2, 0.25) is 5.02 Å². The molecule has 0 saturated heterocycles. The summed E-state index contributed by atoms with van der Waals surface area (Å²) in [5.41, 5.74) is 1.35. The third-order valence-corrected chi connectivity index (χ3v) is 4.05. The lowest BCUT2D eigenvalue weighted by atomic mass is 10.2. The highest BCUT2D eigenvalue weighted by Crippen LogP contribution is 2.29. The molecule has 26 heavy (non-hydrogen) atoms. The number of methoxy groups -OCH3 is 1. The number of ether oxygens (including phenoxy) is 1. The van der Waals surface area contributed by atoms with Crippen molar-refractivity contribution in [3.63, 3.8) is 0 Å². The number of carbonyl (C=O) groups is 1. The number of carboxylic acid groups (broad SMARTS) is 1. The van der Waals surface area contributed by atoms with E-state index in [-0.39, 0.29) is 10.6 Å². The Balaban J connectivity index is 1.77. The molecule has 3 aromatic rings. The molecule has 0 spiro atoms. The Labute approximate surface area is 154 Å². The van der Waals surface area contributed by atoms with Crippen molar-refractivity contribution in [2.75, 3.05) is 12.4 Å². The van der Waals surface area contributed by atoms with Crippen molar-refractivity contribution >= 4 is 23.3 Å². The van der Waals surface area contributed by atoms with E-state index in [1.54, 1.807) is 24.3 Å². The number of nitrogens with one attached hydrogen (secondary N) is 1. The zero-order valence-corrected chi connectivity index (χ0v) is 14.5. The normalized spacial score (nSPS) is 10.6. The number of aromatic carboxylic acids is 1. The van der Waals surface area contributed by atoms with Crippen LogP contribution in [0.15, 0.2) is 52.9 Å². The number of hydrogen-bond acceptors (Lipinski definition) is 4. The van der Waals surface area contributed by atoms with Crippen molar-refractivity contribution in [3.05, 3.63) is 70.7 Å². The molecular formula is C19H15ClFNO4. The first-order valence-electron chi connectivity index (χ1n) is 7.67. The Morgan fingerprint density at radius 3 is 2.73 bits per heavy atom. The number of rotatable bonds is 6. The van der Waals surface area contributed by atoms with Crippen LogP contribution < -0.4 is 10.1 Å². The number of carboxylic acids is 1. The molecule has 3 rings (SSSR count). The molecule has 0 unspecified atom stereocenters.